The van der Waals surface area contributed by atoms with Crippen LogP contribution >= 0.6 is 0 Å². The molecule has 3 rings (SSSR count). The summed E-state index contributed by atoms with van der Waals surface area (Å²) >= 11 is 0. The molecular weight excluding hydrogens is 464 g/mol. The summed E-state index contributed by atoms with van der Waals surface area (Å²) in [6.45, 7) is 6.96. The summed E-state index contributed by atoms with van der Waals surface area (Å²) < 4.78 is 0. The number of aliphatic carboxylic acids is 1. The van der Waals surface area contributed by atoms with E-state index in [4.69, 9.17) is 5.11 Å². The summed E-state index contributed by atoms with van der Waals surface area (Å²) in [5.41, 5.74) is 0.176. The first-order chi connectivity index (χ1) is 18.6. The lowest BCUT2D eigenvalue weighted by Gasteiger charge is -2.16. The molecule has 226 valence electrons. The van der Waals surface area contributed by atoms with Crippen molar-refractivity contribution < 1.29 is 9.90 Å². The highest BCUT2D eigenvalue weighted by molar-refractivity contribution is 5.84. The second-order valence-corrected chi connectivity index (χ2v) is 12.5. The predicted octanol–water partition coefficient (Wildman–Crippen LogP) is 13.0. The lowest BCUT2D eigenvalue weighted by atomic mass is 9.91. The van der Waals surface area contributed by atoms with Gasteiger partial charge in [-0.1, -0.05) is 206 Å². The Bertz CT molecular complexity index is 389. The van der Waals surface area contributed by atoms with Gasteiger partial charge in [0.25, 0.3) is 0 Å². The van der Waals surface area contributed by atoms with Gasteiger partial charge in [-0.3, -0.25) is 0 Å². The van der Waals surface area contributed by atoms with Crippen LogP contribution in [0.5, 0.6) is 0 Å². The fraction of sp³-hybridized carbons (Fsp3) is 0.917. The van der Waals surface area contributed by atoms with Crippen LogP contribution in [-0.4, -0.2) is 11.1 Å². The number of carboxylic acids is 1. The van der Waals surface area contributed by atoms with E-state index in [-0.39, 0.29) is 5.57 Å². The predicted molar refractivity (Wildman–Crippen MR) is 170 cm³/mol. The standard InChI is InChI=1S/C12H24.2C10H20.C4H6O2/c1-2-12-10-8-6-4-3-5-7-9-11-12;2*1-2-4-6-8-10-9-7-5-3-1;1-3(2)4(5)6/h12H,2-11H2,1H3;2*1-10H2;1H2,2H3,(H,5,6). The average molecular weight is 535 g/mol. The van der Waals surface area contributed by atoms with Gasteiger partial charge in [-0.05, 0) is 12.8 Å². The number of carbonyl (C=O) groups is 1. The van der Waals surface area contributed by atoms with Gasteiger partial charge in [-0.2, -0.15) is 0 Å². The maximum atomic E-state index is 9.60. The van der Waals surface area contributed by atoms with Gasteiger partial charge in [0, 0.05) is 5.57 Å². The van der Waals surface area contributed by atoms with Gasteiger partial charge in [-0.25, -0.2) is 4.79 Å². The largest absolute Gasteiger partial charge is 0.478 e. The first-order valence-corrected chi connectivity index (χ1v) is 17.5. The molecule has 38 heavy (non-hydrogen) atoms. The summed E-state index contributed by atoms with van der Waals surface area (Å²) in [5.74, 6) is 0.123. The zero-order valence-corrected chi connectivity index (χ0v) is 26.4. The van der Waals surface area contributed by atoms with Gasteiger partial charge in [0.05, 0.1) is 0 Å². The Balaban J connectivity index is 0.000000493. The molecule has 0 unspecified atom stereocenters. The van der Waals surface area contributed by atoms with Gasteiger partial charge in [0.1, 0.15) is 0 Å². The van der Waals surface area contributed by atoms with E-state index in [2.05, 4.69) is 13.5 Å². The van der Waals surface area contributed by atoms with Crippen LogP contribution in [0.1, 0.15) is 206 Å². The number of hydrogen-bond acceptors (Lipinski definition) is 1. The Morgan fingerprint density at radius 1 is 0.500 bits per heavy atom. The first-order valence-electron chi connectivity index (χ1n) is 17.5. The molecule has 0 aromatic carbocycles. The minimum atomic E-state index is -0.935. The van der Waals surface area contributed by atoms with E-state index in [0.29, 0.717) is 0 Å². The van der Waals surface area contributed by atoms with Gasteiger partial charge in [0.15, 0.2) is 0 Å². The van der Waals surface area contributed by atoms with Crippen LogP contribution in [0.2, 0.25) is 0 Å². The SMILES string of the molecule is C1CCCCCCCCC1.C1CCCCCCCCC1.C=C(C)C(=O)O.CCC1CCCCCCCCC1. The molecule has 0 heterocycles. The molecule has 0 aromatic heterocycles. The van der Waals surface area contributed by atoms with Crippen LogP contribution in [0, 0.1) is 5.92 Å². The van der Waals surface area contributed by atoms with Gasteiger partial charge in [-0.15, -0.1) is 0 Å². The quantitative estimate of drug-likeness (QED) is 0.358. The van der Waals surface area contributed by atoms with Crippen molar-refractivity contribution in [1.29, 1.82) is 0 Å². The Labute approximate surface area is 240 Å². The molecule has 0 saturated heterocycles. The number of hydrogen-bond donors (Lipinski definition) is 1. The molecule has 2 nitrogen and oxygen atoms in total. The van der Waals surface area contributed by atoms with E-state index in [1.165, 1.54) is 200 Å². The minimum absolute atomic E-state index is 0.176. The Kier molecular flexibility index (Phi) is 30.1. The molecule has 0 aliphatic heterocycles. The van der Waals surface area contributed by atoms with Crippen molar-refractivity contribution in [3.63, 3.8) is 0 Å². The van der Waals surface area contributed by atoms with E-state index < -0.39 is 5.97 Å². The third-order valence-electron chi connectivity index (χ3n) is 8.67. The van der Waals surface area contributed by atoms with Gasteiger partial charge in [0.2, 0.25) is 0 Å². The van der Waals surface area contributed by atoms with Crippen molar-refractivity contribution in [3.8, 4) is 0 Å². The zero-order valence-electron chi connectivity index (χ0n) is 26.4. The van der Waals surface area contributed by atoms with Crippen molar-refractivity contribution in [2.45, 2.75) is 206 Å². The smallest absolute Gasteiger partial charge is 0.330 e. The summed E-state index contributed by atoms with van der Waals surface area (Å²) in [7, 11) is 0. The molecule has 2 heteroatoms. The minimum Gasteiger partial charge on any atom is -0.478 e. The van der Waals surface area contributed by atoms with Crippen molar-refractivity contribution in [2.24, 2.45) is 5.92 Å². The molecule has 0 aromatic rings. The lowest BCUT2D eigenvalue weighted by molar-refractivity contribution is -0.132. The molecule has 0 spiro atoms. The topological polar surface area (TPSA) is 37.3 Å². The molecule has 3 fully saturated rings. The second kappa shape index (κ2) is 30.7. The van der Waals surface area contributed by atoms with Crippen LogP contribution in [-0.2, 0) is 4.79 Å². The third kappa shape index (κ3) is 29.8. The molecule has 0 radical (unpaired) electrons. The zero-order chi connectivity index (χ0) is 27.9. The van der Waals surface area contributed by atoms with Crippen molar-refractivity contribution in [3.05, 3.63) is 12.2 Å². The molecule has 3 saturated carbocycles. The summed E-state index contributed by atoms with van der Waals surface area (Å²) in [4.78, 5) is 9.60. The van der Waals surface area contributed by atoms with E-state index in [1.54, 1.807) is 0 Å². The number of carboxylic acid groups (broad SMARTS) is 1. The normalized spacial score (nSPS) is 21.3. The highest BCUT2D eigenvalue weighted by Gasteiger charge is 2.07. The summed E-state index contributed by atoms with van der Waals surface area (Å²) in [5, 5.41) is 7.89. The maximum absolute atomic E-state index is 9.60. The monoisotopic (exact) mass is 535 g/mol. The molecular formula is C36H70O2. The molecule has 3 aliphatic rings. The van der Waals surface area contributed by atoms with E-state index in [0.717, 1.165) is 5.92 Å². The van der Waals surface area contributed by atoms with E-state index >= 15 is 0 Å². The molecule has 0 bridgehead atoms. The first kappa shape index (κ1) is 37.2. The maximum Gasteiger partial charge on any atom is 0.330 e. The second-order valence-electron chi connectivity index (χ2n) is 12.5. The highest BCUT2D eigenvalue weighted by Crippen LogP contribution is 2.23. The highest BCUT2D eigenvalue weighted by atomic mass is 16.4. The summed E-state index contributed by atoms with van der Waals surface area (Å²) in [6, 6.07) is 0. The Morgan fingerprint density at radius 2 is 0.658 bits per heavy atom. The lowest BCUT2D eigenvalue weighted by Crippen LogP contribution is -2.00. The van der Waals surface area contributed by atoms with Crippen molar-refractivity contribution in [1.82, 2.24) is 0 Å². The number of rotatable bonds is 2. The fourth-order valence-electron chi connectivity index (χ4n) is 5.84. The average Bonchev–Trinajstić information content (AvgIpc) is 2.94. The van der Waals surface area contributed by atoms with E-state index in [1.807, 2.05) is 0 Å². The molecule has 1 N–H and O–H groups in total. The van der Waals surface area contributed by atoms with Crippen molar-refractivity contribution >= 4 is 5.97 Å². The Hall–Kier alpha value is -0.790. The fourth-order valence-corrected chi connectivity index (χ4v) is 5.84. The van der Waals surface area contributed by atoms with Crippen LogP contribution < -0.4 is 0 Å². The van der Waals surface area contributed by atoms with Crippen LogP contribution in [0.3, 0.4) is 0 Å². The van der Waals surface area contributed by atoms with Crippen molar-refractivity contribution in [2.75, 3.05) is 0 Å². The van der Waals surface area contributed by atoms with Crippen LogP contribution in [0.15, 0.2) is 12.2 Å². The molecule has 0 amide bonds. The summed E-state index contributed by atoms with van der Waals surface area (Å²) in [6.07, 6.45) is 44.9. The molecule has 3 aliphatic carbocycles. The van der Waals surface area contributed by atoms with Gasteiger partial charge >= 0.3 is 5.97 Å². The Morgan fingerprint density at radius 3 is 0.789 bits per heavy atom. The van der Waals surface area contributed by atoms with Crippen LogP contribution in [0.25, 0.3) is 0 Å². The van der Waals surface area contributed by atoms with Crippen LogP contribution in [0.4, 0.5) is 0 Å². The van der Waals surface area contributed by atoms with Gasteiger partial charge < -0.3 is 5.11 Å². The van der Waals surface area contributed by atoms with E-state index in [9.17, 15) is 4.79 Å². The molecule has 0 atom stereocenters. The third-order valence-corrected chi connectivity index (χ3v) is 8.67.